The Bertz CT molecular complexity index is 1120. The van der Waals surface area contributed by atoms with Crippen molar-refractivity contribution < 1.29 is 14.3 Å². The van der Waals surface area contributed by atoms with Crippen molar-refractivity contribution in [1.29, 1.82) is 0 Å². The first-order chi connectivity index (χ1) is 15.4. The van der Waals surface area contributed by atoms with Crippen molar-refractivity contribution in [3.05, 3.63) is 58.7 Å². The predicted octanol–water partition coefficient (Wildman–Crippen LogP) is 3.56. The van der Waals surface area contributed by atoms with E-state index in [1.807, 2.05) is 30.3 Å². The maximum atomic E-state index is 13.6. The molecular weight excluding hydrogens is 475 g/mol. The summed E-state index contributed by atoms with van der Waals surface area (Å²) in [4.78, 5) is 41.8. The molecular formula is C25H30Cl2N4O3. The van der Waals surface area contributed by atoms with Gasteiger partial charge in [0.2, 0.25) is 0 Å². The van der Waals surface area contributed by atoms with E-state index in [9.17, 15) is 9.59 Å². The van der Waals surface area contributed by atoms with Gasteiger partial charge in [-0.15, -0.1) is 24.8 Å². The molecule has 0 radical (unpaired) electrons. The third-order valence-corrected chi connectivity index (χ3v) is 6.58. The molecule has 2 aromatic rings. The molecule has 5 rings (SSSR count). The summed E-state index contributed by atoms with van der Waals surface area (Å²) in [5.41, 5.74) is 2.59. The van der Waals surface area contributed by atoms with E-state index in [0.717, 1.165) is 31.0 Å². The maximum Gasteiger partial charge on any atom is 0.188 e. The van der Waals surface area contributed by atoms with E-state index in [-0.39, 0.29) is 36.4 Å². The van der Waals surface area contributed by atoms with Crippen LogP contribution in [0.4, 0.5) is 0 Å². The minimum Gasteiger partial charge on any atom is -0.379 e. The van der Waals surface area contributed by atoms with Crippen molar-refractivity contribution in [1.82, 2.24) is 14.9 Å². The van der Waals surface area contributed by atoms with E-state index < -0.39 is 11.5 Å². The largest absolute Gasteiger partial charge is 0.379 e. The highest BCUT2D eigenvalue weighted by Crippen LogP contribution is 2.40. The number of benzene rings is 1. The van der Waals surface area contributed by atoms with Crippen LogP contribution in [-0.4, -0.2) is 71.0 Å². The number of ketones is 2. The fourth-order valence-electron chi connectivity index (χ4n) is 4.73. The lowest BCUT2D eigenvalue weighted by molar-refractivity contribution is -0.119. The smallest absolute Gasteiger partial charge is 0.188 e. The Kier molecular flexibility index (Phi) is 8.14. The zero-order valence-corrected chi connectivity index (χ0v) is 21.0. The van der Waals surface area contributed by atoms with Crippen LogP contribution in [-0.2, 0) is 16.0 Å². The molecule has 0 spiro atoms. The van der Waals surface area contributed by atoms with Gasteiger partial charge in [0, 0.05) is 36.9 Å². The number of aliphatic imine (C=N–C) groups is 1. The maximum absolute atomic E-state index is 13.6. The quantitative estimate of drug-likeness (QED) is 0.672. The number of Topliss-reactive ketones (excluding diaryl/α,β-unsaturated/α-hetero) is 2. The van der Waals surface area contributed by atoms with Crippen LogP contribution < -0.4 is 0 Å². The number of carbonyl (C=O) groups excluding carboxylic acids is 2. The Morgan fingerprint density at radius 3 is 2.53 bits per heavy atom. The van der Waals surface area contributed by atoms with Crippen molar-refractivity contribution in [2.75, 3.05) is 32.8 Å². The van der Waals surface area contributed by atoms with Crippen molar-refractivity contribution in [3.63, 3.8) is 0 Å². The first-order valence-electron chi connectivity index (χ1n) is 11.3. The highest BCUT2D eigenvalue weighted by molar-refractivity contribution is 6.30. The normalized spacial score (nSPS) is 21.4. The summed E-state index contributed by atoms with van der Waals surface area (Å²) in [6.07, 6.45) is 2.94. The van der Waals surface area contributed by atoms with E-state index in [2.05, 4.69) is 14.9 Å². The molecule has 0 bridgehead atoms. The molecule has 1 unspecified atom stereocenters. The fourth-order valence-corrected chi connectivity index (χ4v) is 4.73. The minimum atomic E-state index is -0.864. The van der Waals surface area contributed by atoms with Gasteiger partial charge in [-0.2, -0.15) is 0 Å². The molecule has 0 saturated carbocycles. The molecule has 182 valence electrons. The molecule has 1 saturated heterocycles. The Labute approximate surface area is 211 Å². The molecule has 9 heteroatoms. The first-order valence-corrected chi connectivity index (χ1v) is 11.3. The van der Waals surface area contributed by atoms with Crippen LogP contribution >= 0.6 is 24.8 Å². The molecule has 34 heavy (non-hydrogen) atoms. The lowest BCUT2D eigenvalue weighted by Gasteiger charge is -2.34. The van der Waals surface area contributed by atoms with Crippen LogP contribution in [0.25, 0.3) is 5.57 Å². The van der Waals surface area contributed by atoms with Crippen LogP contribution in [0.2, 0.25) is 0 Å². The molecule has 2 aliphatic heterocycles. The minimum absolute atomic E-state index is 0. The number of aromatic amines is 1. The number of nitrogens with one attached hydrogen (secondary N) is 1. The second kappa shape index (κ2) is 10.5. The summed E-state index contributed by atoms with van der Waals surface area (Å²) in [6.45, 7) is 7.48. The number of carbonyl (C=O) groups is 2. The number of aromatic nitrogens is 2. The standard InChI is InChI=1S/C25H28N4O3.2ClH/c1-25(2)24(31)20-17(8-9-29-10-12-32-13-11-29)23(30)22-21(18(20)15-26-25)27-19(28-22)14-16-6-4-3-5-7-16;;/h3-7,15,17H,8-14H2,1-2H3,(H,27,28);2*1H. The molecule has 3 aliphatic rings. The van der Waals surface area contributed by atoms with Gasteiger partial charge in [0.15, 0.2) is 11.6 Å². The average Bonchev–Trinajstić information content (AvgIpc) is 3.21. The number of hydrogen-bond donors (Lipinski definition) is 1. The third-order valence-electron chi connectivity index (χ3n) is 6.58. The van der Waals surface area contributed by atoms with Crippen molar-refractivity contribution in [2.24, 2.45) is 10.9 Å². The highest BCUT2D eigenvalue weighted by Gasteiger charge is 2.45. The molecule has 1 aliphatic carbocycles. The Balaban J connectivity index is 0.00000162. The topological polar surface area (TPSA) is 87.7 Å². The molecule has 7 nitrogen and oxygen atoms in total. The number of allylic oxidation sites excluding steroid dienone is 1. The van der Waals surface area contributed by atoms with Crippen molar-refractivity contribution >= 4 is 48.2 Å². The van der Waals surface area contributed by atoms with Gasteiger partial charge >= 0.3 is 0 Å². The van der Waals surface area contributed by atoms with Gasteiger partial charge in [0.05, 0.1) is 19.1 Å². The number of fused-ring (bicyclic) bond motifs is 2. The molecule has 1 aromatic heterocycles. The Morgan fingerprint density at radius 1 is 1.12 bits per heavy atom. The van der Waals surface area contributed by atoms with Crippen molar-refractivity contribution in [3.8, 4) is 0 Å². The summed E-state index contributed by atoms with van der Waals surface area (Å²) in [6, 6.07) is 10.0. The van der Waals surface area contributed by atoms with Gasteiger partial charge in [-0.1, -0.05) is 30.3 Å². The third kappa shape index (κ3) is 4.89. The van der Waals surface area contributed by atoms with E-state index >= 15 is 0 Å². The first kappa shape index (κ1) is 26.3. The van der Waals surface area contributed by atoms with Crippen LogP contribution in [0.5, 0.6) is 0 Å². The van der Waals surface area contributed by atoms with E-state index in [4.69, 9.17) is 9.72 Å². The zero-order chi connectivity index (χ0) is 22.3. The molecule has 1 fully saturated rings. The SMILES string of the molecule is CC1(C)N=CC2=C(C1=O)C(CCN1CCOCC1)C(=O)c1[nH]c(Cc3ccccc3)nc12.Cl.Cl. The summed E-state index contributed by atoms with van der Waals surface area (Å²) in [7, 11) is 0. The summed E-state index contributed by atoms with van der Waals surface area (Å²) >= 11 is 0. The van der Waals surface area contributed by atoms with Gasteiger partial charge in [0.25, 0.3) is 0 Å². The summed E-state index contributed by atoms with van der Waals surface area (Å²) in [5, 5.41) is 0. The number of dihydropyridines is 1. The van der Waals surface area contributed by atoms with E-state index in [1.54, 1.807) is 20.1 Å². The number of halogens is 2. The second-order valence-electron chi connectivity index (χ2n) is 9.20. The fraction of sp³-hybridized carbons (Fsp3) is 0.440. The summed E-state index contributed by atoms with van der Waals surface area (Å²) < 4.78 is 5.44. The van der Waals surface area contributed by atoms with E-state index in [1.165, 1.54) is 0 Å². The van der Waals surface area contributed by atoms with Crippen LogP contribution in [0.3, 0.4) is 0 Å². The van der Waals surface area contributed by atoms with Crippen LogP contribution in [0.15, 0.2) is 40.9 Å². The van der Waals surface area contributed by atoms with Gasteiger partial charge < -0.3 is 9.72 Å². The molecule has 1 N–H and O–H groups in total. The van der Waals surface area contributed by atoms with Crippen LogP contribution in [0.1, 0.15) is 47.8 Å². The second-order valence-corrected chi connectivity index (χ2v) is 9.20. The van der Waals surface area contributed by atoms with E-state index in [0.29, 0.717) is 48.6 Å². The molecule has 1 atom stereocenters. The number of morpholine rings is 1. The number of ether oxygens (including phenoxy) is 1. The Hall–Kier alpha value is -2.32. The number of H-pyrrole nitrogens is 1. The average molecular weight is 505 g/mol. The monoisotopic (exact) mass is 504 g/mol. The highest BCUT2D eigenvalue weighted by atomic mass is 35.5. The van der Waals surface area contributed by atoms with Gasteiger partial charge in [-0.05, 0) is 32.4 Å². The van der Waals surface area contributed by atoms with Crippen LogP contribution in [0, 0.1) is 5.92 Å². The molecule has 0 amide bonds. The lowest BCUT2D eigenvalue weighted by Crippen LogP contribution is -2.43. The summed E-state index contributed by atoms with van der Waals surface area (Å²) in [5.74, 6) is 0.122. The number of hydrogen-bond acceptors (Lipinski definition) is 6. The predicted molar refractivity (Wildman–Crippen MR) is 137 cm³/mol. The van der Waals surface area contributed by atoms with Crippen molar-refractivity contribution in [2.45, 2.75) is 32.2 Å². The Morgan fingerprint density at radius 2 is 1.82 bits per heavy atom. The van der Waals surface area contributed by atoms with Gasteiger partial charge in [-0.3, -0.25) is 19.5 Å². The number of nitrogens with zero attached hydrogens (tertiary/aromatic N) is 3. The molecule has 3 heterocycles. The molecule has 1 aromatic carbocycles. The lowest BCUT2D eigenvalue weighted by atomic mass is 9.73. The number of rotatable bonds is 5. The van der Waals surface area contributed by atoms with Gasteiger partial charge in [0.1, 0.15) is 22.8 Å². The zero-order valence-electron chi connectivity index (χ0n) is 19.4. The number of imidazole rings is 1. The van der Waals surface area contributed by atoms with Gasteiger partial charge in [-0.25, -0.2) is 4.98 Å².